The topological polar surface area (TPSA) is 119 Å². The molecule has 0 saturated carbocycles. The molecule has 0 heterocycles. The van der Waals surface area contributed by atoms with Crippen LogP contribution in [0, 0.1) is 18.3 Å². The van der Waals surface area contributed by atoms with Crippen LogP contribution in [-0.4, -0.2) is 21.5 Å². The number of nitriles is 1. The van der Waals surface area contributed by atoms with E-state index in [4.69, 9.17) is 10.8 Å². The van der Waals surface area contributed by atoms with Gasteiger partial charge in [0, 0.05) is 18.0 Å². The first kappa shape index (κ1) is 16.0. The number of azide groups is 1. The van der Waals surface area contributed by atoms with Crippen LogP contribution >= 0.6 is 0 Å². The second kappa shape index (κ2) is 7.50. The highest BCUT2D eigenvalue weighted by Crippen LogP contribution is 2.14. The quantitative estimate of drug-likeness (QED) is 0.359. The average Bonchev–Trinajstić information content (AvgIpc) is 2.42. The van der Waals surface area contributed by atoms with E-state index in [1.807, 2.05) is 6.07 Å². The Morgan fingerprint density at radius 2 is 2.20 bits per heavy atom. The van der Waals surface area contributed by atoms with Gasteiger partial charge in [-0.15, -0.1) is 0 Å². The van der Waals surface area contributed by atoms with Crippen LogP contribution in [0.15, 0.2) is 28.2 Å². The maximum Gasteiger partial charge on any atom is 0.240 e. The summed E-state index contributed by atoms with van der Waals surface area (Å²) in [4.78, 5) is 2.76. The molecule has 8 heteroatoms. The fourth-order valence-electron chi connectivity index (χ4n) is 1.57. The first-order valence-electron chi connectivity index (χ1n) is 6.02. The van der Waals surface area contributed by atoms with E-state index in [2.05, 4.69) is 14.7 Å². The number of rotatable bonds is 7. The van der Waals surface area contributed by atoms with E-state index >= 15 is 0 Å². The van der Waals surface area contributed by atoms with Crippen LogP contribution in [0.25, 0.3) is 10.4 Å². The van der Waals surface area contributed by atoms with Gasteiger partial charge >= 0.3 is 0 Å². The van der Waals surface area contributed by atoms with E-state index in [0.717, 1.165) is 0 Å². The molecule has 0 aliphatic heterocycles. The molecule has 0 bridgehead atoms. The largest absolute Gasteiger partial charge is 0.240 e. The summed E-state index contributed by atoms with van der Waals surface area (Å²) in [5, 5.41) is 12.2. The fraction of sp³-hybridized carbons (Fsp3) is 0.417. The van der Waals surface area contributed by atoms with Gasteiger partial charge in [-0.2, -0.15) is 5.26 Å². The van der Waals surface area contributed by atoms with Gasteiger partial charge in [-0.1, -0.05) is 5.11 Å². The third-order valence-corrected chi connectivity index (χ3v) is 4.13. The van der Waals surface area contributed by atoms with Gasteiger partial charge in [0.05, 0.1) is 16.5 Å². The minimum atomic E-state index is -3.56. The highest BCUT2D eigenvalue weighted by atomic mass is 32.2. The van der Waals surface area contributed by atoms with Crippen LogP contribution in [0.5, 0.6) is 0 Å². The minimum Gasteiger partial charge on any atom is -0.211 e. The smallest absolute Gasteiger partial charge is 0.211 e. The number of nitrogens with one attached hydrogen (secondary N) is 1. The molecule has 0 unspecified atom stereocenters. The number of benzene rings is 1. The minimum absolute atomic E-state index is 0.143. The Balaban J connectivity index is 2.63. The second-order valence-electron chi connectivity index (χ2n) is 4.15. The maximum absolute atomic E-state index is 12.0. The van der Waals surface area contributed by atoms with Crippen molar-refractivity contribution in [2.24, 2.45) is 5.11 Å². The van der Waals surface area contributed by atoms with Gasteiger partial charge in [0.1, 0.15) is 0 Å². The predicted octanol–water partition coefficient (Wildman–Crippen LogP) is 2.24. The molecule has 0 radical (unpaired) electrons. The van der Waals surface area contributed by atoms with Crippen molar-refractivity contribution in [1.29, 1.82) is 5.26 Å². The Kier molecular flexibility index (Phi) is 6.00. The monoisotopic (exact) mass is 293 g/mol. The molecule has 1 rings (SSSR count). The molecule has 1 aromatic rings. The lowest BCUT2D eigenvalue weighted by atomic mass is 10.1. The highest BCUT2D eigenvalue weighted by molar-refractivity contribution is 7.89. The van der Waals surface area contributed by atoms with Crippen molar-refractivity contribution in [3.63, 3.8) is 0 Å². The van der Waals surface area contributed by atoms with E-state index in [1.165, 1.54) is 18.2 Å². The predicted molar refractivity (Wildman–Crippen MR) is 74.3 cm³/mol. The molecule has 0 aliphatic carbocycles. The van der Waals surface area contributed by atoms with E-state index in [1.54, 1.807) is 6.92 Å². The zero-order valence-corrected chi connectivity index (χ0v) is 11.9. The van der Waals surface area contributed by atoms with Crippen molar-refractivity contribution in [3.8, 4) is 6.07 Å². The summed E-state index contributed by atoms with van der Waals surface area (Å²) < 4.78 is 26.5. The van der Waals surface area contributed by atoms with Crippen LogP contribution < -0.4 is 4.72 Å². The van der Waals surface area contributed by atoms with Crippen molar-refractivity contribution in [2.75, 3.05) is 13.1 Å². The summed E-state index contributed by atoms with van der Waals surface area (Å²) in [7, 11) is -3.56. The second-order valence-corrected chi connectivity index (χ2v) is 5.91. The van der Waals surface area contributed by atoms with Crippen LogP contribution in [-0.2, 0) is 10.0 Å². The van der Waals surface area contributed by atoms with Gasteiger partial charge in [0.25, 0.3) is 0 Å². The lowest BCUT2D eigenvalue weighted by Gasteiger charge is -2.07. The lowest BCUT2D eigenvalue weighted by molar-refractivity contribution is 0.577. The number of nitrogens with zero attached hydrogens (tertiary/aromatic N) is 4. The third-order valence-electron chi connectivity index (χ3n) is 2.67. The molecule has 20 heavy (non-hydrogen) atoms. The Labute approximate surface area is 117 Å². The molecule has 0 spiro atoms. The molecule has 0 amide bonds. The summed E-state index contributed by atoms with van der Waals surface area (Å²) in [6, 6.07) is 6.37. The zero-order chi connectivity index (χ0) is 15.0. The maximum atomic E-state index is 12.0. The molecule has 7 nitrogen and oxygen atoms in total. The van der Waals surface area contributed by atoms with Crippen molar-refractivity contribution in [2.45, 2.75) is 24.7 Å². The molecule has 0 saturated heterocycles. The molecule has 1 aromatic carbocycles. The fourth-order valence-corrected chi connectivity index (χ4v) is 2.73. The molecule has 0 aliphatic rings. The SMILES string of the molecule is Cc1cc(S(=O)(=O)NCCCCN=[N+]=[N-])ccc1C#N. The number of unbranched alkanes of at least 4 members (excludes halogenated alkanes) is 1. The molecule has 1 N–H and O–H groups in total. The van der Waals surface area contributed by atoms with Crippen molar-refractivity contribution in [3.05, 3.63) is 39.8 Å². The Morgan fingerprint density at radius 1 is 1.45 bits per heavy atom. The molecule has 0 atom stereocenters. The zero-order valence-electron chi connectivity index (χ0n) is 11.1. The Bertz CT molecular complexity index is 657. The van der Waals surface area contributed by atoms with E-state index in [0.29, 0.717) is 30.5 Å². The molecule has 0 fully saturated rings. The number of aryl methyl sites for hydroxylation is 1. The van der Waals surface area contributed by atoms with E-state index in [-0.39, 0.29) is 11.4 Å². The first-order valence-corrected chi connectivity index (χ1v) is 7.51. The third kappa shape index (κ3) is 4.55. The molecular formula is C12H15N5O2S. The first-order chi connectivity index (χ1) is 9.51. The standard InChI is InChI=1S/C12H15N5O2S/c1-10-8-12(5-4-11(10)9-13)20(18,19)16-7-3-2-6-15-17-14/h4-5,8,16H,2-3,6-7H2,1H3. The Morgan fingerprint density at radius 3 is 2.80 bits per heavy atom. The lowest BCUT2D eigenvalue weighted by Crippen LogP contribution is -2.25. The number of hydrogen-bond acceptors (Lipinski definition) is 4. The highest BCUT2D eigenvalue weighted by Gasteiger charge is 2.14. The van der Waals surface area contributed by atoms with Crippen molar-refractivity contribution in [1.82, 2.24) is 4.72 Å². The average molecular weight is 293 g/mol. The van der Waals surface area contributed by atoms with Gasteiger partial charge in [-0.05, 0) is 49.1 Å². The van der Waals surface area contributed by atoms with Crippen molar-refractivity contribution >= 4 is 10.0 Å². The summed E-state index contributed by atoms with van der Waals surface area (Å²) in [5.41, 5.74) is 9.17. The molecular weight excluding hydrogens is 278 g/mol. The normalized spacial score (nSPS) is 10.6. The Hall–Kier alpha value is -2.07. The van der Waals surface area contributed by atoms with Gasteiger partial charge in [0.2, 0.25) is 10.0 Å². The van der Waals surface area contributed by atoms with E-state index in [9.17, 15) is 8.42 Å². The number of hydrogen-bond donors (Lipinski definition) is 1. The summed E-state index contributed by atoms with van der Waals surface area (Å²) in [5.74, 6) is 0. The molecule has 0 aromatic heterocycles. The van der Waals surface area contributed by atoms with Crippen molar-refractivity contribution < 1.29 is 8.42 Å². The van der Waals surface area contributed by atoms with Gasteiger partial charge < -0.3 is 0 Å². The van der Waals surface area contributed by atoms with Crippen LogP contribution in [0.4, 0.5) is 0 Å². The van der Waals surface area contributed by atoms with Crippen LogP contribution in [0.3, 0.4) is 0 Å². The number of sulfonamides is 1. The summed E-state index contributed by atoms with van der Waals surface area (Å²) in [6.45, 7) is 2.33. The van der Waals surface area contributed by atoms with Gasteiger partial charge in [0.15, 0.2) is 0 Å². The molecule has 106 valence electrons. The summed E-state index contributed by atoms with van der Waals surface area (Å²) in [6.07, 6.45) is 1.21. The summed E-state index contributed by atoms with van der Waals surface area (Å²) >= 11 is 0. The van der Waals surface area contributed by atoms with Gasteiger partial charge in [-0.25, -0.2) is 13.1 Å². The van der Waals surface area contributed by atoms with Crippen LogP contribution in [0.1, 0.15) is 24.0 Å². The van der Waals surface area contributed by atoms with E-state index < -0.39 is 10.0 Å². The van der Waals surface area contributed by atoms with Gasteiger partial charge in [-0.3, -0.25) is 0 Å². The van der Waals surface area contributed by atoms with Crippen LogP contribution in [0.2, 0.25) is 0 Å².